The normalized spacial score (nSPS) is 30.8. The predicted molar refractivity (Wildman–Crippen MR) is 78.5 cm³/mol. The molecule has 1 N–H and O–H groups in total. The summed E-state index contributed by atoms with van der Waals surface area (Å²) >= 11 is 0. The number of carboxylic acids is 1. The number of aliphatic carboxylic acids is 1. The van der Waals surface area contributed by atoms with Crippen LogP contribution in [0.4, 0.5) is 0 Å². The quantitative estimate of drug-likeness (QED) is 0.900. The Morgan fingerprint density at radius 1 is 1.25 bits per heavy atom. The first-order valence-corrected chi connectivity index (χ1v) is 7.69. The maximum absolute atomic E-state index is 11.5. The van der Waals surface area contributed by atoms with Gasteiger partial charge in [-0.25, -0.2) is 0 Å². The van der Waals surface area contributed by atoms with E-state index >= 15 is 0 Å². The van der Waals surface area contributed by atoms with E-state index in [1.165, 1.54) is 11.1 Å². The van der Waals surface area contributed by atoms with E-state index in [1.807, 2.05) is 0 Å². The third-order valence-electron chi connectivity index (χ3n) is 5.03. The fourth-order valence-corrected chi connectivity index (χ4v) is 3.84. The largest absolute Gasteiger partial charge is 0.481 e. The summed E-state index contributed by atoms with van der Waals surface area (Å²) in [5, 5.41) is 9.49. The van der Waals surface area contributed by atoms with E-state index in [2.05, 4.69) is 36.1 Å². The molecule has 108 valence electrons. The molecule has 1 aromatic rings. The van der Waals surface area contributed by atoms with E-state index in [0.717, 1.165) is 38.8 Å². The minimum Gasteiger partial charge on any atom is -0.481 e. The summed E-state index contributed by atoms with van der Waals surface area (Å²) in [6, 6.07) is 8.77. The van der Waals surface area contributed by atoms with Crippen LogP contribution in [0.1, 0.15) is 37.3 Å². The van der Waals surface area contributed by atoms with E-state index in [4.69, 9.17) is 0 Å². The number of hydrogen-bond acceptors (Lipinski definition) is 2. The van der Waals surface area contributed by atoms with Gasteiger partial charge in [0.15, 0.2) is 0 Å². The molecule has 0 saturated heterocycles. The average molecular weight is 273 g/mol. The lowest BCUT2D eigenvalue weighted by Gasteiger charge is -2.42. The number of rotatable bonds is 2. The Morgan fingerprint density at radius 3 is 2.75 bits per heavy atom. The van der Waals surface area contributed by atoms with Crippen molar-refractivity contribution in [2.45, 2.75) is 45.2 Å². The molecule has 0 aromatic heterocycles. The summed E-state index contributed by atoms with van der Waals surface area (Å²) in [7, 11) is 0. The number of carboxylic acid groups (broad SMARTS) is 1. The molecule has 1 aliphatic heterocycles. The van der Waals surface area contributed by atoms with Gasteiger partial charge in [-0.05, 0) is 42.7 Å². The maximum Gasteiger partial charge on any atom is 0.308 e. The Kier molecular flexibility index (Phi) is 3.79. The summed E-state index contributed by atoms with van der Waals surface area (Å²) in [6.07, 6.45) is 3.96. The van der Waals surface area contributed by atoms with Crippen LogP contribution in [0.3, 0.4) is 0 Å². The molecule has 3 rings (SSSR count). The molecule has 1 aromatic carbocycles. The van der Waals surface area contributed by atoms with Gasteiger partial charge in [-0.2, -0.15) is 0 Å². The van der Waals surface area contributed by atoms with E-state index in [9.17, 15) is 9.90 Å². The second kappa shape index (κ2) is 5.57. The van der Waals surface area contributed by atoms with Crippen LogP contribution in [-0.4, -0.2) is 28.6 Å². The van der Waals surface area contributed by atoms with Crippen LogP contribution in [-0.2, 0) is 17.8 Å². The number of benzene rings is 1. The van der Waals surface area contributed by atoms with Gasteiger partial charge in [0.05, 0.1) is 5.92 Å². The molecule has 3 nitrogen and oxygen atoms in total. The SMILES string of the molecule is CC1CCC(C(=O)O)C(N2CCc3ccccc3C2)C1. The molecule has 3 heteroatoms. The molecule has 0 radical (unpaired) electrons. The Bertz CT molecular complexity index is 500. The van der Waals surface area contributed by atoms with Gasteiger partial charge in [0.25, 0.3) is 0 Å². The van der Waals surface area contributed by atoms with Crippen LogP contribution >= 0.6 is 0 Å². The summed E-state index contributed by atoms with van der Waals surface area (Å²) in [6.45, 7) is 4.17. The highest BCUT2D eigenvalue weighted by Gasteiger charge is 2.38. The molecule has 0 bridgehead atoms. The summed E-state index contributed by atoms with van der Waals surface area (Å²) in [5.74, 6) is -0.148. The van der Waals surface area contributed by atoms with Crippen LogP contribution in [0.25, 0.3) is 0 Å². The fourth-order valence-electron chi connectivity index (χ4n) is 3.84. The predicted octanol–water partition coefficient (Wildman–Crippen LogP) is 2.93. The van der Waals surface area contributed by atoms with Crippen molar-refractivity contribution in [1.82, 2.24) is 4.90 Å². The summed E-state index contributed by atoms with van der Waals surface area (Å²) in [5.41, 5.74) is 2.81. The van der Waals surface area contributed by atoms with Gasteiger partial charge < -0.3 is 5.11 Å². The second-order valence-electron chi connectivity index (χ2n) is 6.42. The topological polar surface area (TPSA) is 40.5 Å². The number of hydrogen-bond donors (Lipinski definition) is 1. The second-order valence-corrected chi connectivity index (χ2v) is 6.42. The zero-order valence-corrected chi connectivity index (χ0v) is 12.1. The fraction of sp³-hybridized carbons (Fsp3) is 0.588. The van der Waals surface area contributed by atoms with E-state index in [-0.39, 0.29) is 12.0 Å². The third kappa shape index (κ3) is 2.59. The minimum absolute atomic E-state index is 0.184. The van der Waals surface area contributed by atoms with Crippen molar-refractivity contribution in [3.63, 3.8) is 0 Å². The molecule has 0 spiro atoms. The molecule has 3 unspecified atom stereocenters. The highest BCUT2D eigenvalue weighted by atomic mass is 16.4. The Morgan fingerprint density at radius 2 is 2.00 bits per heavy atom. The molecule has 1 fully saturated rings. The van der Waals surface area contributed by atoms with Gasteiger partial charge in [0.2, 0.25) is 0 Å². The Balaban J connectivity index is 1.79. The lowest BCUT2D eigenvalue weighted by Crippen LogP contribution is -2.48. The monoisotopic (exact) mass is 273 g/mol. The third-order valence-corrected chi connectivity index (χ3v) is 5.03. The molecular formula is C17H23NO2. The molecule has 0 amide bonds. The summed E-state index contributed by atoms with van der Waals surface area (Å²) < 4.78 is 0. The number of nitrogens with zero attached hydrogens (tertiary/aromatic N) is 1. The van der Waals surface area contributed by atoms with E-state index in [1.54, 1.807) is 0 Å². The summed E-state index contributed by atoms with van der Waals surface area (Å²) in [4.78, 5) is 13.9. The number of fused-ring (bicyclic) bond motifs is 1. The molecule has 3 atom stereocenters. The maximum atomic E-state index is 11.5. The lowest BCUT2D eigenvalue weighted by molar-refractivity contribution is -0.146. The standard InChI is InChI=1S/C17H23NO2/c1-12-6-7-15(17(19)20)16(10-12)18-9-8-13-4-2-3-5-14(13)11-18/h2-5,12,15-16H,6-11H2,1H3,(H,19,20). The average Bonchev–Trinajstić information content (AvgIpc) is 2.46. The zero-order chi connectivity index (χ0) is 14.1. The van der Waals surface area contributed by atoms with Gasteiger partial charge in [0.1, 0.15) is 0 Å². The van der Waals surface area contributed by atoms with Crippen LogP contribution in [0.2, 0.25) is 0 Å². The van der Waals surface area contributed by atoms with Crippen LogP contribution < -0.4 is 0 Å². The Hall–Kier alpha value is -1.35. The molecule has 2 aliphatic rings. The van der Waals surface area contributed by atoms with Gasteiger partial charge in [-0.1, -0.05) is 31.2 Å². The van der Waals surface area contributed by atoms with E-state index < -0.39 is 5.97 Å². The van der Waals surface area contributed by atoms with Crippen molar-refractivity contribution in [3.05, 3.63) is 35.4 Å². The molecular weight excluding hydrogens is 250 g/mol. The highest BCUT2D eigenvalue weighted by molar-refractivity contribution is 5.71. The number of carbonyl (C=O) groups is 1. The molecule has 1 heterocycles. The minimum atomic E-state index is -0.610. The van der Waals surface area contributed by atoms with Crippen LogP contribution in [0.15, 0.2) is 24.3 Å². The molecule has 1 aliphatic carbocycles. The van der Waals surface area contributed by atoms with Crippen LogP contribution in [0, 0.1) is 11.8 Å². The van der Waals surface area contributed by atoms with Crippen LogP contribution in [0.5, 0.6) is 0 Å². The van der Waals surface area contributed by atoms with E-state index in [0.29, 0.717) is 5.92 Å². The lowest BCUT2D eigenvalue weighted by atomic mass is 9.77. The first-order valence-electron chi connectivity index (χ1n) is 7.69. The van der Waals surface area contributed by atoms with Crippen molar-refractivity contribution in [1.29, 1.82) is 0 Å². The zero-order valence-electron chi connectivity index (χ0n) is 12.1. The molecule has 1 saturated carbocycles. The van der Waals surface area contributed by atoms with Crippen molar-refractivity contribution < 1.29 is 9.90 Å². The first-order chi connectivity index (χ1) is 9.65. The smallest absolute Gasteiger partial charge is 0.308 e. The van der Waals surface area contributed by atoms with Gasteiger partial charge in [-0.3, -0.25) is 9.69 Å². The van der Waals surface area contributed by atoms with Crippen molar-refractivity contribution in [2.75, 3.05) is 6.54 Å². The van der Waals surface area contributed by atoms with Gasteiger partial charge in [0, 0.05) is 19.1 Å². The van der Waals surface area contributed by atoms with Crippen molar-refractivity contribution in [2.24, 2.45) is 11.8 Å². The van der Waals surface area contributed by atoms with Crippen molar-refractivity contribution in [3.8, 4) is 0 Å². The van der Waals surface area contributed by atoms with Gasteiger partial charge in [-0.15, -0.1) is 0 Å². The first kappa shape index (κ1) is 13.6. The van der Waals surface area contributed by atoms with Crippen molar-refractivity contribution >= 4 is 5.97 Å². The van der Waals surface area contributed by atoms with Gasteiger partial charge >= 0.3 is 5.97 Å². The highest BCUT2D eigenvalue weighted by Crippen LogP contribution is 2.34. The molecule has 20 heavy (non-hydrogen) atoms. The Labute approximate surface area is 120 Å².